The van der Waals surface area contributed by atoms with Gasteiger partial charge >= 0.3 is 0 Å². The van der Waals surface area contributed by atoms with E-state index in [0.717, 1.165) is 31.2 Å². The van der Waals surface area contributed by atoms with Gasteiger partial charge in [-0.15, -0.1) is 21.5 Å². The van der Waals surface area contributed by atoms with Gasteiger partial charge in [0, 0.05) is 17.6 Å². The Bertz CT molecular complexity index is 1300. The first-order valence-electron chi connectivity index (χ1n) is 10.5. The van der Waals surface area contributed by atoms with Crippen LogP contribution in [0.2, 0.25) is 10.0 Å². The summed E-state index contributed by atoms with van der Waals surface area (Å²) in [6.45, 7) is 0. The number of benzene rings is 1. The number of nitrogens with one attached hydrogen (secondary N) is 2. The number of fused-ring (bicyclic) bond motifs is 1. The molecule has 2 aromatic heterocycles. The molecular weight excluding hydrogens is 515 g/mol. The van der Waals surface area contributed by atoms with Gasteiger partial charge in [0.15, 0.2) is 5.16 Å². The summed E-state index contributed by atoms with van der Waals surface area (Å²) in [6.07, 6.45) is 4.03. The number of halogens is 2. The average molecular weight is 535 g/mol. The Hall–Kier alpha value is -2.58. The summed E-state index contributed by atoms with van der Waals surface area (Å²) >= 11 is 14.6. The lowest BCUT2D eigenvalue weighted by Gasteiger charge is -2.09. The number of amides is 2. The Kier molecular flexibility index (Phi) is 7.78. The van der Waals surface area contributed by atoms with Crippen molar-refractivity contribution in [1.29, 1.82) is 5.26 Å². The van der Waals surface area contributed by atoms with Crippen molar-refractivity contribution in [1.82, 2.24) is 14.8 Å². The van der Waals surface area contributed by atoms with Gasteiger partial charge < -0.3 is 15.2 Å². The third-order valence-electron chi connectivity index (χ3n) is 5.32. The van der Waals surface area contributed by atoms with Crippen LogP contribution in [0.5, 0.6) is 0 Å². The van der Waals surface area contributed by atoms with E-state index in [9.17, 15) is 14.9 Å². The Balaban J connectivity index is 1.33. The summed E-state index contributed by atoms with van der Waals surface area (Å²) in [6, 6.07) is 7.08. The van der Waals surface area contributed by atoms with Crippen LogP contribution in [0.15, 0.2) is 23.4 Å². The van der Waals surface area contributed by atoms with Gasteiger partial charge in [-0.3, -0.25) is 9.59 Å². The Morgan fingerprint density at radius 1 is 1.18 bits per heavy atom. The maximum atomic E-state index is 12.5. The first kappa shape index (κ1) is 24.5. The quantitative estimate of drug-likeness (QED) is 0.419. The van der Waals surface area contributed by atoms with Crippen LogP contribution >= 0.6 is 46.3 Å². The predicted octanol–water partition coefficient (Wildman–Crippen LogP) is 4.85. The number of hydrogen-bond donors (Lipinski definition) is 2. The zero-order valence-corrected chi connectivity index (χ0v) is 21.3. The number of rotatable bonds is 7. The lowest BCUT2D eigenvalue weighted by atomic mass is 9.96. The Morgan fingerprint density at radius 3 is 2.74 bits per heavy atom. The number of carbonyl (C=O) groups excluding carboxylic acids is 2. The van der Waals surface area contributed by atoms with Crippen molar-refractivity contribution in [3.63, 3.8) is 0 Å². The zero-order chi connectivity index (χ0) is 24.2. The second kappa shape index (κ2) is 10.8. The molecule has 2 heterocycles. The molecule has 0 aliphatic heterocycles. The van der Waals surface area contributed by atoms with E-state index in [-0.39, 0.29) is 24.0 Å². The highest BCUT2D eigenvalue weighted by atomic mass is 35.5. The van der Waals surface area contributed by atoms with Crippen molar-refractivity contribution in [3.05, 3.63) is 50.1 Å². The molecule has 0 radical (unpaired) electrons. The SMILES string of the molecule is Cn1c(CC(=O)Nc2ccc(Cl)c(Cl)c2)nnc1SCC(=O)Nc1sc2c(c1C#N)CCCC2. The smallest absolute Gasteiger partial charge is 0.235 e. The van der Waals surface area contributed by atoms with Crippen LogP contribution in [0, 0.1) is 11.3 Å². The minimum Gasteiger partial charge on any atom is -0.326 e. The molecule has 0 atom stereocenters. The second-order valence-corrected chi connectivity index (χ2v) is 10.5. The highest BCUT2D eigenvalue weighted by molar-refractivity contribution is 7.99. The third-order valence-corrected chi connectivity index (χ3v) is 8.28. The number of anilines is 2. The predicted molar refractivity (Wildman–Crippen MR) is 135 cm³/mol. The van der Waals surface area contributed by atoms with Crippen LogP contribution in [0.4, 0.5) is 10.7 Å². The number of hydrogen-bond acceptors (Lipinski definition) is 7. The highest BCUT2D eigenvalue weighted by Gasteiger charge is 2.22. The largest absolute Gasteiger partial charge is 0.326 e. The van der Waals surface area contributed by atoms with E-state index in [0.29, 0.717) is 37.3 Å². The summed E-state index contributed by atoms with van der Waals surface area (Å²) in [5, 5.41) is 25.2. The number of aromatic nitrogens is 3. The topological polar surface area (TPSA) is 113 Å². The maximum Gasteiger partial charge on any atom is 0.235 e. The molecule has 0 unspecified atom stereocenters. The number of carbonyl (C=O) groups is 2. The van der Waals surface area contributed by atoms with Gasteiger partial charge in [0.05, 0.1) is 27.8 Å². The van der Waals surface area contributed by atoms with Crippen molar-refractivity contribution in [2.45, 2.75) is 37.3 Å². The molecule has 0 bridgehead atoms. The molecule has 1 aliphatic carbocycles. The second-order valence-electron chi connectivity index (χ2n) is 7.68. The van der Waals surface area contributed by atoms with E-state index in [4.69, 9.17) is 23.2 Å². The first-order valence-corrected chi connectivity index (χ1v) is 13.0. The number of aryl methyl sites for hydroxylation is 1. The summed E-state index contributed by atoms with van der Waals surface area (Å²) in [5.41, 5.74) is 2.20. The number of thiophene rings is 1. The normalized spacial score (nSPS) is 12.6. The Labute approximate surface area is 214 Å². The van der Waals surface area contributed by atoms with Crippen LogP contribution in [0.1, 0.15) is 34.7 Å². The maximum absolute atomic E-state index is 12.5. The number of nitrogens with zero attached hydrogens (tertiary/aromatic N) is 4. The molecule has 12 heteroatoms. The van der Waals surface area contributed by atoms with Gasteiger partial charge in [0.25, 0.3) is 0 Å². The van der Waals surface area contributed by atoms with Crippen molar-refractivity contribution in [2.75, 3.05) is 16.4 Å². The van der Waals surface area contributed by atoms with Crippen LogP contribution < -0.4 is 10.6 Å². The van der Waals surface area contributed by atoms with E-state index < -0.39 is 0 Å². The fourth-order valence-corrected chi connectivity index (χ4v) is 5.90. The highest BCUT2D eigenvalue weighted by Crippen LogP contribution is 2.37. The first-order chi connectivity index (χ1) is 16.4. The lowest BCUT2D eigenvalue weighted by Crippen LogP contribution is -2.17. The fourth-order valence-electron chi connectivity index (χ4n) is 3.61. The molecule has 34 heavy (non-hydrogen) atoms. The molecule has 3 aromatic rings. The molecule has 0 spiro atoms. The number of thioether (sulfide) groups is 1. The van der Waals surface area contributed by atoms with Crippen LogP contribution in [-0.2, 0) is 35.9 Å². The molecule has 4 rings (SSSR count). The van der Waals surface area contributed by atoms with E-state index in [2.05, 4.69) is 26.9 Å². The van der Waals surface area contributed by atoms with Crippen molar-refractivity contribution < 1.29 is 9.59 Å². The van der Waals surface area contributed by atoms with Crippen molar-refractivity contribution in [2.24, 2.45) is 7.05 Å². The van der Waals surface area contributed by atoms with Gasteiger partial charge in [-0.05, 0) is 49.4 Å². The monoisotopic (exact) mass is 534 g/mol. The van der Waals surface area contributed by atoms with E-state index in [1.165, 1.54) is 28.0 Å². The molecule has 2 N–H and O–H groups in total. The van der Waals surface area contributed by atoms with Crippen LogP contribution in [0.3, 0.4) is 0 Å². The van der Waals surface area contributed by atoms with Gasteiger partial charge in [0.1, 0.15) is 16.9 Å². The van der Waals surface area contributed by atoms with Gasteiger partial charge in [-0.2, -0.15) is 5.26 Å². The number of nitriles is 1. The molecule has 8 nitrogen and oxygen atoms in total. The molecule has 0 fully saturated rings. The summed E-state index contributed by atoms with van der Waals surface area (Å²) < 4.78 is 1.68. The van der Waals surface area contributed by atoms with Gasteiger partial charge in [-0.25, -0.2) is 0 Å². The van der Waals surface area contributed by atoms with Crippen LogP contribution in [0.25, 0.3) is 0 Å². The molecule has 1 aliphatic rings. The lowest BCUT2D eigenvalue weighted by molar-refractivity contribution is -0.116. The molecule has 2 amide bonds. The molecule has 1 aromatic carbocycles. The summed E-state index contributed by atoms with van der Waals surface area (Å²) in [5.74, 6) is 0.0589. The minimum atomic E-state index is -0.283. The van der Waals surface area contributed by atoms with Crippen LogP contribution in [-0.4, -0.2) is 32.3 Å². The molecule has 0 saturated heterocycles. The van der Waals surface area contributed by atoms with E-state index >= 15 is 0 Å². The van der Waals surface area contributed by atoms with Crippen molar-refractivity contribution in [3.8, 4) is 6.07 Å². The molecular formula is C22H20Cl2N6O2S2. The van der Waals surface area contributed by atoms with Gasteiger partial charge in [-0.1, -0.05) is 35.0 Å². The minimum absolute atomic E-state index is 0.00276. The van der Waals surface area contributed by atoms with Gasteiger partial charge in [0.2, 0.25) is 11.8 Å². The zero-order valence-electron chi connectivity index (χ0n) is 18.2. The summed E-state index contributed by atoms with van der Waals surface area (Å²) in [7, 11) is 1.74. The summed E-state index contributed by atoms with van der Waals surface area (Å²) in [4.78, 5) is 26.1. The standard InChI is InChI=1S/C22H20Cl2N6O2S2/c1-30-18(9-19(31)26-12-6-7-15(23)16(24)8-12)28-29-22(30)33-11-20(32)27-21-14(10-25)13-4-2-3-5-17(13)34-21/h6-8H,2-5,9,11H2,1H3,(H,26,31)(H,27,32). The van der Waals surface area contributed by atoms with E-state index in [1.807, 2.05) is 0 Å². The molecule has 176 valence electrons. The third kappa shape index (κ3) is 5.55. The Morgan fingerprint density at radius 2 is 1.97 bits per heavy atom. The average Bonchev–Trinajstić information content (AvgIpc) is 3.34. The fraction of sp³-hybridized carbons (Fsp3) is 0.318. The molecule has 0 saturated carbocycles. The van der Waals surface area contributed by atoms with Crippen molar-refractivity contribution >= 4 is 68.8 Å². The van der Waals surface area contributed by atoms with E-state index in [1.54, 1.807) is 29.8 Å².